The predicted molar refractivity (Wildman–Crippen MR) is 116 cm³/mol. The van der Waals surface area contributed by atoms with Gasteiger partial charge in [-0.25, -0.2) is 9.50 Å². The highest BCUT2D eigenvalue weighted by Gasteiger charge is 2.22. The number of carbonyl (C=O) groups excluding carboxylic acids is 2. The lowest BCUT2D eigenvalue weighted by Gasteiger charge is -2.29. The predicted octanol–water partition coefficient (Wildman–Crippen LogP) is 2.86. The molecule has 0 radical (unpaired) electrons. The van der Waals surface area contributed by atoms with E-state index in [0.717, 1.165) is 22.5 Å². The van der Waals surface area contributed by atoms with Gasteiger partial charge in [0.1, 0.15) is 5.56 Å². The number of carbonyl (C=O) groups is 2. The van der Waals surface area contributed by atoms with Crippen molar-refractivity contribution in [1.29, 1.82) is 5.26 Å². The molecular weight excluding hydrogens is 392 g/mol. The van der Waals surface area contributed by atoms with Crippen LogP contribution in [0.15, 0.2) is 30.5 Å². The van der Waals surface area contributed by atoms with Gasteiger partial charge in [0.2, 0.25) is 5.91 Å². The number of primary amides is 1. The smallest absolute Gasteiger partial charge is 0.254 e. The number of hydrogen-bond acceptors (Lipinski definition) is 5. The zero-order valence-electron chi connectivity index (χ0n) is 18.2. The molecule has 0 fully saturated rings. The summed E-state index contributed by atoms with van der Waals surface area (Å²) in [7, 11) is 0. The van der Waals surface area contributed by atoms with Gasteiger partial charge in [-0.05, 0) is 57.4 Å². The van der Waals surface area contributed by atoms with Crippen molar-refractivity contribution in [1.82, 2.24) is 19.5 Å². The SMILES string of the molecule is CCN(C(=O)CCc1c(C)nc2c(C(N)=O)cnn2c1C)C(C)c1ccc(C#N)cc1. The first-order valence-corrected chi connectivity index (χ1v) is 10.2. The van der Waals surface area contributed by atoms with Gasteiger partial charge in [-0.15, -0.1) is 0 Å². The number of nitrogens with two attached hydrogens (primary N) is 1. The van der Waals surface area contributed by atoms with E-state index in [1.54, 1.807) is 16.6 Å². The summed E-state index contributed by atoms with van der Waals surface area (Å²) in [6.07, 6.45) is 2.26. The molecule has 8 nitrogen and oxygen atoms in total. The Bertz CT molecular complexity index is 1170. The highest BCUT2D eigenvalue weighted by Crippen LogP contribution is 2.23. The van der Waals surface area contributed by atoms with Gasteiger partial charge in [-0.3, -0.25) is 9.59 Å². The highest BCUT2D eigenvalue weighted by molar-refractivity contribution is 5.98. The molecule has 0 bridgehead atoms. The molecule has 0 aliphatic rings. The van der Waals surface area contributed by atoms with Crippen LogP contribution in [0.5, 0.6) is 0 Å². The van der Waals surface area contributed by atoms with Crippen LogP contribution in [0.25, 0.3) is 5.65 Å². The maximum atomic E-state index is 13.0. The van der Waals surface area contributed by atoms with Gasteiger partial charge in [0.15, 0.2) is 5.65 Å². The van der Waals surface area contributed by atoms with Crippen molar-refractivity contribution in [3.8, 4) is 6.07 Å². The molecule has 3 aromatic rings. The molecule has 2 N–H and O–H groups in total. The lowest BCUT2D eigenvalue weighted by molar-refractivity contribution is -0.133. The summed E-state index contributed by atoms with van der Waals surface area (Å²) in [5.74, 6) is -0.531. The van der Waals surface area contributed by atoms with Gasteiger partial charge in [-0.2, -0.15) is 10.4 Å². The van der Waals surface area contributed by atoms with E-state index >= 15 is 0 Å². The van der Waals surface area contributed by atoms with Crippen molar-refractivity contribution < 1.29 is 9.59 Å². The second-order valence-corrected chi connectivity index (χ2v) is 7.51. The molecule has 1 aromatic carbocycles. The van der Waals surface area contributed by atoms with Crippen LogP contribution in [0.4, 0.5) is 0 Å². The van der Waals surface area contributed by atoms with E-state index in [0.29, 0.717) is 30.6 Å². The average Bonchev–Trinajstić information content (AvgIpc) is 3.18. The van der Waals surface area contributed by atoms with E-state index in [1.807, 2.05) is 44.7 Å². The average molecular weight is 419 g/mol. The Hall–Kier alpha value is -3.73. The fraction of sp³-hybridized carbons (Fsp3) is 0.348. The first kappa shape index (κ1) is 22.0. The summed E-state index contributed by atoms with van der Waals surface area (Å²) >= 11 is 0. The summed E-state index contributed by atoms with van der Waals surface area (Å²) in [6.45, 7) is 8.29. The Balaban J connectivity index is 1.79. The molecule has 0 saturated heterocycles. The zero-order chi connectivity index (χ0) is 22.7. The summed E-state index contributed by atoms with van der Waals surface area (Å²) < 4.78 is 1.60. The quantitative estimate of drug-likeness (QED) is 0.633. The van der Waals surface area contributed by atoms with Gasteiger partial charge in [0, 0.05) is 24.4 Å². The Labute approximate surface area is 181 Å². The minimum atomic E-state index is -0.570. The minimum Gasteiger partial charge on any atom is -0.365 e. The largest absolute Gasteiger partial charge is 0.365 e. The van der Waals surface area contributed by atoms with E-state index in [4.69, 9.17) is 11.0 Å². The molecule has 160 valence electrons. The molecule has 0 spiro atoms. The fourth-order valence-corrected chi connectivity index (χ4v) is 3.90. The minimum absolute atomic E-state index is 0.0385. The van der Waals surface area contributed by atoms with Crippen LogP contribution < -0.4 is 5.73 Å². The number of rotatable bonds is 7. The number of nitrogens with zero attached hydrogens (tertiary/aromatic N) is 5. The molecule has 0 saturated carbocycles. The molecule has 1 unspecified atom stereocenters. The third-order valence-electron chi connectivity index (χ3n) is 5.71. The van der Waals surface area contributed by atoms with Crippen molar-refractivity contribution in [2.45, 2.75) is 46.6 Å². The van der Waals surface area contributed by atoms with E-state index in [9.17, 15) is 9.59 Å². The van der Waals surface area contributed by atoms with Crippen molar-refractivity contribution in [2.24, 2.45) is 5.73 Å². The third-order valence-corrected chi connectivity index (χ3v) is 5.71. The maximum Gasteiger partial charge on any atom is 0.254 e. The van der Waals surface area contributed by atoms with Crippen LogP contribution in [-0.2, 0) is 11.2 Å². The van der Waals surface area contributed by atoms with Crippen molar-refractivity contribution in [3.05, 3.63) is 64.1 Å². The number of nitriles is 1. The lowest BCUT2D eigenvalue weighted by atomic mass is 10.0. The number of hydrogen-bond donors (Lipinski definition) is 1. The number of fused-ring (bicyclic) bond motifs is 1. The van der Waals surface area contributed by atoms with Gasteiger partial charge in [0.05, 0.1) is 23.9 Å². The molecule has 8 heteroatoms. The molecular formula is C23H26N6O2. The van der Waals surface area contributed by atoms with Crippen molar-refractivity contribution in [2.75, 3.05) is 6.54 Å². The molecule has 2 heterocycles. The van der Waals surface area contributed by atoms with Gasteiger partial charge >= 0.3 is 0 Å². The van der Waals surface area contributed by atoms with E-state index in [1.165, 1.54) is 6.20 Å². The highest BCUT2D eigenvalue weighted by atomic mass is 16.2. The first-order chi connectivity index (χ1) is 14.8. The summed E-state index contributed by atoms with van der Waals surface area (Å²) in [4.78, 5) is 31.0. The molecule has 31 heavy (non-hydrogen) atoms. The topological polar surface area (TPSA) is 117 Å². The fourth-order valence-electron chi connectivity index (χ4n) is 3.90. The van der Waals surface area contributed by atoms with E-state index < -0.39 is 5.91 Å². The molecule has 2 amide bonds. The van der Waals surface area contributed by atoms with Crippen LogP contribution in [0.2, 0.25) is 0 Å². The van der Waals surface area contributed by atoms with Crippen molar-refractivity contribution >= 4 is 17.5 Å². The van der Waals surface area contributed by atoms with Crippen molar-refractivity contribution in [3.63, 3.8) is 0 Å². The van der Waals surface area contributed by atoms with Crippen LogP contribution >= 0.6 is 0 Å². The third kappa shape index (κ3) is 4.26. The molecule has 0 aliphatic heterocycles. The molecule has 1 atom stereocenters. The van der Waals surface area contributed by atoms with Crippen LogP contribution in [0, 0.1) is 25.2 Å². The number of aromatic nitrogens is 3. The van der Waals surface area contributed by atoms with Gasteiger partial charge in [-0.1, -0.05) is 12.1 Å². The molecule has 0 aliphatic carbocycles. The Morgan fingerprint density at radius 1 is 1.26 bits per heavy atom. The zero-order valence-corrected chi connectivity index (χ0v) is 18.2. The second kappa shape index (κ2) is 8.96. The Morgan fingerprint density at radius 3 is 2.52 bits per heavy atom. The second-order valence-electron chi connectivity index (χ2n) is 7.51. The summed E-state index contributed by atoms with van der Waals surface area (Å²) in [5, 5.41) is 13.2. The number of benzene rings is 1. The standard InChI is InChI=1S/C23H26N6O2/c1-5-28(15(3)18-8-6-17(12-24)7-9-18)21(30)11-10-19-14(2)27-23-20(22(25)31)13-26-29(23)16(19)4/h6-9,13,15H,5,10-11H2,1-4H3,(H2,25,31). The van der Waals surface area contributed by atoms with Crippen LogP contribution in [-0.4, -0.2) is 37.9 Å². The first-order valence-electron chi connectivity index (χ1n) is 10.2. The maximum absolute atomic E-state index is 13.0. The number of aryl methyl sites for hydroxylation is 2. The molecule has 2 aromatic heterocycles. The normalized spacial score (nSPS) is 11.8. The summed E-state index contributed by atoms with van der Waals surface area (Å²) in [5.41, 5.74) is 10.2. The Kier molecular flexibility index (Phi) is 6.35. The molecule has 3 rings (SSSR count). The van der Waals surface area contributed by atoms with Crippen LogP contribution in [0.3, 0.4) is 0 Å². The monoisotopic (exact) mass is 418 g/mol. The van der Waals surface area contributed by atoms with Gasteiger partial charge < -0.3 is 10.6 Å². The lowest BCUT2D eigenvalue weighted by Crippen LogP contribution is -2.33. The number of amides is 2. The van der Waals surface area contributed by atoms with E-state index in [-0.39, 0.29) is 17.5 Å². The van der Waals surface area contributed by atoms with Gasteiger partial charge in [0.25, 0.3) is 5.91 Å². The van der Waals surface area contributed by atoms with Crippen LogP contribution in [0.1, 0.15) is 64.7 Å². The Morgan fingerprint density at radius 2 is 1.94 bits per heavy atom. The summed E-state index contributed by atoms with van der Waals surface area (Å²) in [6, 6.07) is 9.32. The van der Waals surface area contributed by atoms with E-state index in [2.05, 4.69) is 16.2 Å².